The van der Waals surface area contributed by atoms with Gasteiger partial charge in [0.05, 0.1) is 18.8 Å². The lowest BCUT2D eigenvalue weighted by atomic mass is 10.1. The van der Waals surface area contributed by atoms with Gasteiger partial charge in [-0.3, -0.25) is 0 Å². The zero-order chi connectivity index (χ0) is 12.3. The number of aromatic nitrogens is 2. The molecule has 0 unspecified atom stereocenters. The van der Waals surface area contributed by atoms with Gasteiger partial charge in [0, 0.05) is 13.2 Å². The molecule has 0 N–H and O–H groups in total. The zero-order valence-electron chi connectivity index (χ0n) is 9.98. The fourth-order valence-electron chi connectivity index (χ4n) is 1.76. The molecule has 0 radical (unpaired) electrons. The number of hydrogen-bond donors (Lipinski definition) is 0. The van der Waals surface area contributed by atoms with Crippen LogP contribution >= 0.6 is 11.6 Å². The first-order valence-electron chi connectivity index (χ1n) is 5.46. The van der Waals surface area contributed by atoms with E-state index in [4.69, 9.17) is 16.3 Å². The molecule has 1 aromatic heterocycles. The van der Waals surface area contributed by atoms with E-state index in [-0.39, 0.29) is 0 Å². The minimum Gasteiger partial charge on any atom is -0.378 e. The standard InChI is InChI=1S/C13H15ClN2O/c1-10-4-3-5-11(6-10)8-16-13(14)7-12(15-16)9-17-2/h3-7H,8-9H2,1-2H3. The van der Waals surface area contributed by atoms with Crippen molar-refractivity contribution in [1.82, 2.24) is 9.78 Å². The maximum absolute atomic E-state index is 6.12. The van der Waals surface area contributed by atoms with E-state index in [1.165, 1.54) is 11.1 Å². The smallest absolute Gasteiger partial charge is 0.127 e. The molecule has 90 valence electrons. The first-order valence-corrected chi connectivity index (χ1v) is 5.83. The van der Waals surface area contributed by atoms with Crippen molar-refractivity contribution < 1.29 is 4.74 Å². The second-order valence-electron chi connectivity index (χ2n) is 4.04. The van der Waals surface area contributed by atoms with E-state index in [9.17, 15) is 0 Å². The predicted octanol–water partition coefficient (Wildman–Crippen LogP) is 3.04. The predicted molar refractivity (Wildman–Crippen MR) is 68.2 cm³/mol. The van der Waals surface area contributed by atoms with Gasteiger partial charge in [-0.25, -0.2) is 4.68 Å². The van der Waals surface area contributed by atoms with Crippen molar-refractivity contribution in [2.45, 2.75) is 20.1 Å². The van der Waals surface area contributed by atoms with Crippen LogP contribution in [0.1, 0.15) is 16.8 Å². The number of benzene rings is 1. The van der Waals surface area contributed by atoms with Crippen LogP contribution in [-0.2, 0) is 17.9 Å². The third-order valence-electron chi connectivity index (χ3n) is 2.49. The summed E-state index contributed by atoms with van der Waals surface area (Å²) in [4.78, 5) is 0. The van der Waals surface area contributed by atoms with E-state index in [0.717, 1.165) is 5.69 Å². The average molecular weight is 251 g/mol. The number of ether oxygens (including phenoxy) is 1. The summed E-state index contributed by atoms with van der Waals surface area (Å²) in [6.07, 6.45) is 0. The van der Waals surface area contributed by atoms with Crippen LogP contribution < -0.4 is 0 Å². The first kappa shape index (κ1) is 12.1. The van der Waals surface area contributed by atoms with Gasteiger partial charge in [-0.15, -0.1) is 0 Å². The molecule has 4 heteroatoms. The Morgan fingerprint density at radius 2 is 2.18 bits per heavy atom. The minimum absolute atomic E-state index is 0.487. The number of hydrogen-bond acceptors (Lipinski definition) is 2. The fraction of sp³-hybridized carbons (Fsp3) is 0.308. The highest BCUT2D eigenvalue weighted by atomic mass is 35.5. The Hall–Kier alpha value is -1.32. The lowest BCUT2D eigenvalue weighted by Gasteiger charge is -2.04. The van der Waals surface area contributed by atoms with Crippen molar-refractivity contribution in [3.05, 3.63) is 52.3 Å². The first-order chi connectivity index (χ1) is 8.19. The molecule has 0 saturated carbocycles. The van der Waals surface area contributed by atoms with Gasteiger partial charge in [-0.05, 0) is 12.5 Å². The largest absolute Gasteiger partial charge is 0.378 e. The minimum atomic E-state index is 0.487. The molecule has 0 amide bonds. The van der Waals surface area contributed by atoms with Crippen molar-refractivity contribution in [3.63, 3.8) is 0 Å². The van der Waals surface area contributed by atoms with Gasteiger partial charge >= 0.3 is 0 Å². The summed E-state index contributed by atoms with van der Waals surface area (Å²) in [7, 11) is 1.65. The van der Waals surface area contributed by atoms with E-state index in [2.05, 4.69) is 30.2 Å². The van der Waals surface area contributed by atoms with Crippen molar-refractivity contribution in [3.8, 4) is 0 Å². The summed E-state index contributed by atoms with van der Waals surface area (Å²) >= 11 is 6.12. The van der Waals surface area contributed by atoms with E-state index in [1.807, 2.05) is 12.1 Å². The Kier molecular flexibility index (Phi) is 3.82. The maximum Gasteiger partial charge on any atom is 0.127 e. The lowest BCUT2D eigenvalue weighted by Crippen LogP contribution is -2.03. The molecule has 1 heterocycles. The number of aryl methyl sites for hydroxylation is 1. The molecule has 3 nitrogen and oxygen atoms in total. The topological polar surface area (TPSA) is 27.1 Å². The van der Waals surface area contributed by atoms with Crippen LogP contribution in [0.15, 0.2) is 30.3 Å². The Morgan fingerprint density at radius 3 is 2.88 bits per heavy atom. The summed E-state index contributed by atoms with van der Waals surface area (Å²) in [5.41, 5.74) is 3.28. The monoisotopic (exact) mass is 250 g/mol. The van der Waals surface area contributed by atoms with Gasteiger partial charge in [-0.2, -0.15) is 5.10 Å². The molecular formula is C13H15ClN2O. The van der Waals surface area contributed by atoms with Crippen molar-refractivity contribution >= 4 is 11.6 Å². The van der Waals surface area contributed by atoms with Gasteiger partial charge in [0.15, 0.2) is 0 Å². The molecule has 1 aromatic carbocycles. The highest BCUT2D eigenvalue weighted by Crippen LogP contribution is 2.14. The molecule has 0 aliphatic rings. The molecule has 0 saturated heterocycles. The SMILES string of the molecule is COCc1cc(Cl)n(Cc2cccc(C)c2)n1. The molecule has 0 atom stereocenters. The van der Waals surface area contributed by atoms with Gasteiger partial charge < -0.3 is 4.74 Å². The van der Waals surface area contributed by atoms with Crippen LogP contribution in [0, 0.1) is 6.92 Å². The molecule has 0 bridgehead atoms. The number of halogens is 1. The van der Waals surface area contributed by atoms with Crippen LogP contribution in [0.4, 0.5) is 0 Å². The molecule has 0 aliphatic heterocycles. The van der Waals surface area contributed by atoms with E-state index < -0.39 is 0 Å². The van der Waals surface area contributed by atoms with E-state index in [1.54, 1.807) is 11.8 Å². The summed E-state index contributed by atoms with van der Waals surface area (Å²) < 4.78 is 6.81. The lowest BCUT2D eigenvalue weighted by molar-refractivity contribution is 0.181. The van der Waals surface area contributed by atoms with Gasteiger partial charge in [0.25, 0.3) is 0 Å². The second-order valence-corrected chi connectivity index (χ2v) is 4.43. The molecule has 2 aromatic rings. The summed E-state index contributed by atoms with van der Waals surface area (Å²) in [6, 6.07) is 10.2. The third kappa shape index (κ3) is 3.08. The highest BCUT2D eigenvalue weighted by Gasteiger charge is 2.06. The van der Waals surface area contributed by atoms with Crippen LogP contribution in [-0.4, -0.2) is 16.9 Å². The quantitative estimate of drug-likeness (QED) is 0.834. The maximum atomic E-state index is 6.12. The van der Waals surface area contributed by atoms with Gasteiger partial charge in [0.1, 0.15) is 5.15 Å². The van der Waals surface area contributed by atoms with Gasteiger partial charge in [0.2, 0.25) is 0 Å². The summed E-state index contributed by atoms with van der Waals surface area (Å²) in [5.74, 6) is 0. The Balaban J connectivity index is 2.18. The normalized spacial score (nSPS) is 10.8. The molecule has 0 spiro atoms. The molecular weight excluding hydrogens is 236 g/mol. The molecule has 0 fully saturated rings. The van der Waals surface area contributed by atoms with Crippen LogP contribution in [0.2, 0.25) is 5.15 Å². The Morgan fingerprint density at radius 1 is 1.35 bits per heavy atom. The van der Waals surface area contributed by atoms with E-state index in [0.29, 0.717) is 18.3 Å². The van der Waals surface area contributed by atoms with Crippen LogP contribution in [0.5, 0.6) is 0 Å². The molecule has 17 heavy (non-hydrogen) atoms. The van der Waals surface area contributed by atoms with Crippen molar-refractivity contribution in [1.29, 1.82) is 0 Å². The van der Waals surface area contributed by atoms with Crippen molar-refractivity contribution in [2.75, 3.05) is 7.11 Å². The summed E-state index contributed by atoms with van der Waals surface area (Å²) in [5, 5.41) is 5.02. The van der Waals surface area contributed by atoms with Crippen LogP contribution in [0.3, 0.4) is 0 Å². The molecule has 2 rings (SSSR count). The molecule has 0 aliphatic carbocycles. The Bertz CT molecular complexity index is 508. The van der Waals surface area contributed by atoms with Crippen molar-refractivity contribution in [2.24, 2.45) is 0 Å². The third-order valence-corrected chi connectivity index (χ3v) is 2.79. The number of nitrogens with zero attached hydrogens (tertiary/aromatic N) is 2. The fourth-order valence-corrected chi connectivity index (χ4v) is 1.98. The Labute approximate surface area is 106 Å². The highest BCUT2D eigenvalue weighted by molar-refractivity contribution is 6.29. The number of rotatable bonds is 4. The number of methoxy groups -OCH3 is 1. The average Bonchev–Trinajstić information content (AvgIpc) is 2.60. The van der Waals surface area contributed by atoms with Crippen LogP contribution in [0.25, 0.3) is 0 Å². The summed E-state index contributed by atoms with van der Waals surface area (Å²) in [6.45, 7) is 3.25. The second kappa shape index (κ2) is 5.34. The van der Waals surface area contributed by atoms with Gasteiger partial charge in [-0.1, -0.05) is 41.4 Å². The van der Waals surface area contributed by atoms with E-state index >= 15 is 0 Å². The zero-order valence-corrected chi connectivity index (χ0v) is 10.7.